The number of halogens is 2. The van der Waals surface area contributed by atoms with Gasteiger partial charge in [0.2, 0.25) is 0 Å². The maximum Gasteiger partial charge on any atom is 0.131 e. The molecule has 0 fully saturated rings. The van der Waals surface area contributed by atoms with Gasteiger partial charge < -0.3 is 4.74 Å². The van der Waals surface area contributed by atoms with Gasteiger partial charge in [-0.15, -0.1) is 0 Å². The fourth-order valence-corrected chi connectivity index (χ4v) is 2.68. The van der Waals surface area contributed by atoms with Crippen LogP contribution < -0.4 is 4.74 Å². The molecule has 0 aliphatic heterocycles. The van der Waals surface area contributed by atoms with Gasteiger partial charge in [0.15, 0.2) is 0 Å². The van der Waals surface area contributed by atoms with Crippen molar-refractivity contribution < 1.29 is 9.13 Å². The molecule has 0 aliphatic rings. The number of hydrogen-bond donors (Lipinski definition) is 0. The Bertz CT molecular complexity index is 544. The van der Waals surface area contributed by atoms with Gasteiger partial charge in [0.1, 0.15) is 11.6 Å². The third-order valence-electron chi connectivity index (χ3n) is 2.46. The first-order valence-electron chi connectivity index (χ1n) is 4.91. The van der Waals surface area contributed by atoms with Crippen LogP contribution in [0.1, 0.15) is 5.56 Å². The van der Waals surface area contributed by atoms with Crippen LogP contribution in [0.15, 0.2) is 24.5 Å². The number of rotatable bonds is 3. The number of benzene rings is 1. The van der Waals surface area contributed by atoms with Crippen molar-refractivity contribution in [1.29, 1.82) is 0 Å². The molecule has 2 rings (SSSR count). The van der Waals surface area contributed by atoms with E-state index >= 15 is 0 Å². The molecular weight excluding hydrogens is 353 g/mol. The number of nitrogens with zero attached hydrogens (tertiary/aromatic N) is 2. The largest absolute Gasteiger partial charge is 0.496 e. The highest BCUT2D eigenvalue weighted by Gasteiger charge is 2.11. The highest BCUT2D eigenvalue weighted by Crippen LogP contribution is 2.31. The molecule has 1 unspecified atom stereocenters. The van der Waals surface area contributed by atoms with Crippen molar-refractivity contribution >= 4 is 28.4 Å². The summed E-state index contributed by atoms with van der Waals surface area (Å²) in [5, 5.41) is 4.14. The van der Waals surface area contributed by atoms with E-state index in [4.69, 9.17) is 4.74 Å². The Hall–Kier alpha value is -0.680. The molecule has 17 heavy (non-hydrogen) atoms. The zero-order valence-corrected chi connectivity index (χ0v) is 12.5. The average molecular weight is 364 g/mol. The monoisotopic (exact) mass is 364 g/mol. The van der Waals surface area contributed by atoms with E-state index < -0.39 is 0 Å². The van der Waals surface area contributed by atoms with Gasteiger partial charge in [-0.05, 0) is 46.7 Å². The van der Waals surface area contributed by atoms with E-state index in [1.165, 1.54) is 6.07 Å². The van der Waals surface area contributed by atoms with Gasteiger partial charge in [0.05, 0.1) is 19.7 Å². The Balaban J connectivity index is 2.50. The van der Waals surface area contributed by atoms with Gasteiger partial charge >= 0.3 is 0 Å². The summed E-state index contributed by atoms with van der Waals surface area (Å²) in [5.41, 5.74) is 2.08. The number of hydrogen-bond acceptors (Lipinski definition) is 2. The Morgan fingerprint density at radius 2 is 2.24 bits per heavy atom. The lowest BCUT2D eigenvalue weighted by Crippen LogP contribution is -1.91. The number of aryl methyl sites for hydroxylation is 1. The second-order valence-electron chi connectivity index (χ2n) is 3.56. The van der Waals surface area contributed by atoms with Crippen LogP contribution in [0.5, 0.6) is 5.75 Å². The zero-order chi connectivity index (χ0) is 12.4. The van der Waals surface area contributed by atoms with E-state index in [9.17, 15) is 4.39 Å². The zero-order valence-electron chi connectivity index (χ0n) is 9.37. The average Bonchev–Trinajstić information content (AvgIpc) is 2.78. The van der Waals surface area contributed by atoms with E-state index in [1.807, 2.05) is 13.1 Å². The Morgan fingerprint density at radius 3 is 2.82 bits per heavy atom. The lowest BCUT2D eigenvalue weighted by Gasteiger charge is -2.07. The molecule has 0 radical (unpaired) electrons. The molecular formula is C11H11FIN2OP. The highest BCUT2D eigenvalue weighted by atomic mass is 127. The molecule has 0 bridgehead atoms. The van der Waals surface area contributed by atoms with Crippen molar-refractivity contribution in [2.45, 2.75) is 6.92 Å². The van der Waals surface area contributed by atoms with E-state index in [0.29, 0.717) is 17.7 Å². The smallest absolute Gasteiger partial charge is 0.131 e. The molecule has 90 valence electrons. The molecule has 1 heterocycles. The normalized spacial score (nSPS) is 11.3. The molecule has 0 amide bonds. The van der Waals surface area contributed by atoms with Gasteiger partial charge in [0, 0.05) is 17.3 Å². The summed E-state index contributed by atoms with van der Waals surface area (Å²) in [7, 11) is 1.58. The van der Waals surface area contributed by atoms with Gasteiger partial charge in [0.25, 0.3) is 0 Å². The summed E-state index contributed by atoms with van der Waals surface area (Å²) in [6, 6.07) is 3.19. The minimum Gasteiger partial charge on any atom is -0.496 e. The van der Waals surface area contributed by atoms with Crippen LogP contribution in [0.3, 0.4) is 0 Å². The second kappa shape index (κ2) is 5.31. The lowest BCUT2D eigenvalue weighted by molar-refractivity contribution is 0.410. The molecule has 3 nitrogen and oxygen atoms in total. The van der Waals surface area contributed by atoms with Crippen molar-refractivity contribution in [3.05, 3.63) is 35.9 Å². The first-order valence-corrected chi connectivity index (χ1v) is 8.97. The van der Waals surface area contributed by atoms with Crippen LogP contribution in [0, 0.1) is 12.7 Å². The van der Waals surface area contributed by atoms with Gasteiger partial charge in [-0.2, -0.15) is 5.10 Å². The second-order valence-corrected chi connectivity index (χ2v) is 5.63. The van der Waals surface area contributed by atoms with Crippen LogP contribution >= 0.6 is 28.4 Å². The van der Waals surface area contributed by atoms with Crippen LogP contribution in [0.4, 0.5) is 4.39 Å². The van der Waals surface area contributed by atoms with E-state index in [2.05, 4.69) is 27.1 Å². The standard InChI is InChI=1S/C11H11FIN2OP/c1-7-3-10(12)9(4-11(7)16-2)8-5-14-15(6-8)17-13/h3-6,17H,1-2H3. The van der Waals surface area contributed by atoms with Crippen LogP contribution in [-0.2, 0) is 0 Å². The fourth-order valence-electron chi connectivity index (χ4n) is 1.60. The predicted octanol–water partition coefficient (Wildman–Crippen LogP) is 3.80. The Morgan fingerprint density at radius 1 is 1.47 bits per heavy atom. The number of methoxy groups -OCH3 is 1. The van der Waals surface area contributed by atoms with Crippen molar-refractivity contribution in [2.24, 2.45) is 0 Å². The van der Waals surface area contributed by atoms with Crippen LogP contribution in [0.25, 0.3) is 11.1 Å². The van der Waals surface area contributed by atoms with E-state index in [-0.39, 0.29) is 5.82 Å². The van der Waals surface area contributed by atoms with Gasteiger partial charge in [-0.1, -0.05) is 0 Å². The van der Waals surface area contributed by atoms with Crippen molar-refractivity contribution in [3.63, 3.8) is 0 Å². The minimum absolute atomic E-state index is 0.250. The maximum absolute atomic E-state index is 13.9. The third-order valence-corrected chi connectivity index (χ3v) is 4.37. The molecule has 0 spiro atoms. The van der Waals surface area contributed by atoms with E-state index in [1.54, 1.807) is 23.8 Å². The summed E-state index contributed by atoms with van der Waals surface area (Å²) in [5.74, 6) is 0.436. The topological polar surface area (TPSA) is 27.1 Å². The Kier molecular flexibility index (Phi) is 3.99. The van der Waals surface area contributed by atoms with Crippen molar-refractivity contribution in [2.75, 3.05) is 7.11 Å². The lowest BCUT2D eigenvalue weighted by atomic mass is 10.1. The van der Waals surface area contributed by atoms with Crippen molar-refractivity contribution in [1.82, 2.24) is 9.55 Å². The number of ether oxygens (including phenoxy) is 1. The van der Waals surface area contributed by atoms with Gasteiger partial charge in [-0.3, -0.25) is 0 Å². The van der Waals surface area contributed by atoms with E-state index in [0.717, 1.165) is 11.1 Å². The van der Waals surface area contributed by atoms with Crippen molar-refractivity contribution in [3.8, 4) is 16.9 Å². The molecule has 2 aromatic rings. The molecule has 0 aliphatic carbocycles. The Labute approximate surface area is 114 Å². The number of aromatic nitrogens is 2. The summed E-state index contributed by atoms with van der Waals surface area (Å²) in [6.07, 6.45) is 4.01. The third kappa shape index (κ3) is 2.60. The van der Waals surface area contributed by atoms with Crippen LogP contribution in [0.2, 0.25) is 0 Å². The van der Waals surface area contributed by atoms with Gasteiger partial charge in [-0.25, -0.2) is 8.84 Å². The quantitative estimate of drug-likeness (QED) is 0.612. The fraction of sp³-hybridized carbons (Fsp3) is 0.182. The predicted molar refractivity (Wildman–Crippen MR) is 76.6 cm³/mol. The SMILES string of the molecule is COc1cc(-c2cnn(PI)c2)c(F)cc1C. The van der Waals surface area contributed by atoms with Crippen LogP contribution in [-0.4, -0.2) is 16.7 Å². The maximum atomic E-state index is 13.9. The highest BCUT2D eigenvalue weighted by molar-refractivity contribution is 14.2. The molecule has 6 heteroatoms. The molecule has 1 aromatic carbocycles. The summed E-state index contributed by atoms with van der Waals surface area (Å²) in [4.78, 5) is 0. The molecule has 0 N–H and O–H groups in total. The first-order chi connectivity index (χ1) is 8.15. The summed E-state index contributed by atoms with van der Waals surface area (Å²) < 4.78 is 20.9. The first kappa shape index (κ1) is 12.8. The minimum atomic E-state index is -0.250. The molecule has 0 saturated heterocycles. The summed E-state index contributed by atoms with van der Waals surface area (Å²) in [6.45, 7) is 1.82. The molecule has 0 saturated carbocycles. The molecule has 1 aromatic heterocycles. The molecule has 1 atom stereocenters. The summed E-state index contributed by atoms with van der Waals surface area (Å²) >= 11 is 2.22.